The molecule has 0 bridgehead atoms. The van der Waals surface area contributed by atoms with E-state index in [1.807, 2.05) is 0 Å². The summed E-state index contributed by atoms with van der Waals surface area (Å²) in [5.74, 6) is 1.68. The van der Waals surface area contributed by atoms with Gasteiger partial charge in [0.05, 0.1) is 6.10 Å². The summed E-state index contributed by atoms with van der Waals surface area (Å²) in [4.78, 5) is 2.78. The maximum atomic E-state index is 5.80. The van der Waals surface area contributed by atoms with Crippen molar-refractivity contribution < 1.29 is 4.74 Å². The number of piperazine rings is 1. The van der Waals surface area contributed by atoms with Gasteiger partial charge in [0.25, 0.3) is 0 Å². The van der Waals surface area contributed by atoms with Crippen LogP contribution in [-0.2, 0) is 4.74 Å². The van der Waals surface area contributed by atoms with Crippen molar-refractivity contribution in [2.45, 2.75) is 64.3 Å². The minimum Gasteiger partial charge on any atom is -0.377 e. The molecule has 0 radical (unpaired) electrons. The Bertz CT molecular complexity index is 288. The highest BCUT2D eigenvalue weighted by molar-refractivity contribution is 4.99. The summed E-state index contributed by atoms with van der Waals surface area (Å²) in [6.07, 6.45) is 4.52. The number of rotatable bonds is 3. The van der Waals surface area contributed by atoms with Crippen LogP contribution in [0.15, 0.2) is 0 Å². The van der Waals surface area contributed by atoms with E-state index in [1.165, 1.54) is 32.4 Å². The summed E-state index contributed by atoms with van der Waals surface area (Å²) < 4.78 is 5.80. The van der Waals surface area contributed by atoms with E-state index in [2.05, 4.69) is 31.0 Å². The monoisotopic (exact) mass is 252 g/mol. The largest absolute Gasteiger partial charge is 0.377 e. The molecule has 0 aromatic rings. The van der Waals surface area contributed by atoms with Gasteiger partial charge in [-0.1, -0.05) is 13.8 Å². The highest BCUT2D eigenvalue weighted by Crippen LogP contribution is 2.36. The molecule has 2 saturated heterocycles. The van der Waals surface area contributed by atoms with Crippen LogP contribution in [0.25, 0.3) is 0 Å². The van der Waals surface area contributed by atoms with E-state index in [0.717, 1.165) is 24.5 Å². The van der Waals surface area contributed by atoms with E-state index in [9.17, 15) is 0 Å². The highest BCUT2D eigenvalue weighted by atomic mass is 16.5. The quantitative estimate of drug-likeness (QED) is 0.830. The van der Waals surface area contributed by atoms with Crippen molar-refractivity contribution in [1.29, 1.82) is 0 Å². The first-order valence-electron chi connectivity index (χ1n) is 7.77. The third-order valence-corrected chi connectivity index (χ3v) is 5.15. The number of nitrogens with one attached hydrogen (secondary N) is 1. The Balaban J connectivity index is 1.71. The van der Waals surface area contributed by atoms with Crippen molar-refractivity contribution >= 4 is 0 Å². The lowest BCUT2D eigenvalue weighted by molar-refractivity contribution is 0.0137. The zero-order chi connectivity index (χ0) is 12.7. The molecule has 0 spiro atoms. The smallest absolute Gasteiger partial charge is 0.0703 e. The molecule has 3 heteroatoms. The Labute approximate surface area is 111 Å². The molecule has 1 saturated carbocycles. The first-order chi connectivity index (χ1) is 8.66. The molecule has 0 aromatic carbocycles. The van der Waals surface area contributed by atoms with E-state index in [0.29, 0.717) is 18.2 Å². The summed E-state index contributed by atoms with van der Waals surface area (Å²) >= 11 is 0. The first kappa shape index (κ1) is 12.9. The average molecular weight is 252 g/mol. The molecule has 1 aliphatic carbocycles. The zero-order valence-corrected chi connectivity index (χ0v) is 12.1. The molecule has 0 aromatic heterocycles. The van der Waals surface area contributed by atoms with Gasteiger partial charge in [0, 0.05) is 37.8 Å². The Hall–Kier alpha value is -0.120. The van der Waals surface area contributed by atoms with Crippen molar-refractivity contribution in [1.82, 2.24) is 10.2 Å². The third-order valence-electron chi connectivity index (χ3n) is 5.15. The summed E-state index contributed by atoms with van der Waals surface area (Å²) in [7, 11) is 0. The van der Waals surface area contributed by atoms with Crippen molar-refractivity contribution in [3.8, 4) is 0 Å². The Morgan fingerprint density at radius 3 is 2.56 bits per heavy atom. The highest BCUT2D eigenvalue weighted by Gasteiger charge is 2.42. The van der Waals surface area contributed by atoms with Gasteiger partial charge in [-0.15, -0.1) is 0 Å². The molecule has 3 fully saturated rings. The molecule has 0 amide bonds. The van der Waals surface area contributed by atoms with E-state index in [4.69, 9.17) is 4.74 Å². The summed E-state index contributed by atoms with van der Waals surface area (Å²) in [6, 6.07) is 2.09. The van der Waals surface area contributed by atoms with Crippen LogP contribution in [0.1, 0.15) is 40.0 Å². The van der Waals surface area contributed by atoms with Crippen LogP contribution in [0.4, 0.5) is 0 Å². The second-order valence-corrected chi connectivity index (χ2v) is 6.79. The number of ether oxygens (including phenoxy) is 1. The van der Waals surface area contributed by atoms with E-state index < -0.39 is 0 Å². The fourth-order valence-electron chi connectivity index (χ4n) is 3.79. The first-order valence-corrected chi connectivity index (χ1v) is 7.77. The van der Waals surface area contributed by atoms with E-state index >= 15 is 0 Å². The standard InChI is InChI=1S/C15H28N2O/c1-10(2)15-8-16-13(12-4-5-12)9-17(15)14-6-7-18-11(14)3/h10-16H,4-9H2,1-3H3. The molecule has 2 heterocycles. The van der Waals surface area contributed by atoms with E-state index in [1.54, 1.807) is 0 Å². The van der Waals surface area contributed by atoms with E-state index in [-0.39, 0.29) is 0 Å². The van der Waals surface area contributed by atoms with Gasteiger partial charge >= 0.3 is 0 Å². The lowest BCUT2D eigenvalue weighted by Gasteiger charge is -2.46. The fraction of sp³-hybridized carbons (Fsp3) is 1.00. The lowest BCUT2D eigenvalue weighted by atomic mass is 9.93. The third kappa shape index (κ3) is 2.45. The van der Waals surface area contributed by atoms with Gasteiger partial charge in [0.2, 0.25) is 0 Å². The van der Waals surface area contributed by atoms with Crippen LogP contribution < -0.4 is 5.32 Å². The van der Waals surface area contributed by atoms with Crippen molar-refractivity contribution in [3.63, 3.8) is 0 Å². The SMILES string of the molecule is CC(C)C1CNC(C2CC2)CN1C1CCOC1C. The second-order valence-electron chi connectivity index (χ2n) is 6.79. The topological polar surface area (TPSA) is 24.5 Å². The van der Waals surface area contributed by atoms with Gasteiger partial charge in [0.1, 0.15) is 0 Å². The number of nitrogens with zero attached hydrogens (tertiary/aromatic N) is 1. The predicted octanol–water partition coefficient (Wildman–Crippen LogP) is 1.87. The van der Waals surface area contributed by atoms with Gasteiger partial charge < -0.3 is 10.1 Å². The minimum atomic E-state index is 0.421. The molecule has 3 aliphatic rings. The summed E-state index contributed by atoms with van der Waals surface area (Å²) in [5.41, 5.74) is 0. The van der Waals surface area contributed by atoms with Gasteiger partial charge in [-0.2, -0.15) is 0 Å². The molecule has 104 valence electrons. The number of hydrogen-bond acceptors (Lipinski definition) is 3. The summed E-state index contributed by atoms with van der Waals surface area (Å²) in [5, 5.41) is 3.80. The van der Waals surface area contributed by atoms with Gasteiger partial charge in [-0.3, -0.25) is 4.90 Å². The molecular formula is C15H28N2O. The van der Waals surface area contributed by atoms with Crippen LogP contribution in [-0.4, -0.2) is 48.8 Å². The lowest BCUT2D eigenvalue weighted by Crippen LogP contribution is -2.62. The van der Waals surface area contributed by atoms with Gasteiger partial charge in [-0.25, -0.2) is 0 Å². The summed E-state index contributed by atoms with van der Waals surface area (Å²) in [6.45, 7) is 10.3. The van der Waals surface area contributed by atoms with Gasteiger partial charge in [0.15, 0.2) is 0 Å². The molecular weight excluding hydrogens is 224 g/mol. The minimum absolute atomic E-state index is 0.421. The maximum Gasteiger partial charge on any atom is 0.0703 e. The van der Waals surface area contributed by atoms with Crippen molar-refractivity contribution in [3.05, 3.63) is 0 Å². The van der Waals surface area contributed by atoms with Crippen LogP contribution in [0.5, 0.6) is 0 Å². The molecule has 3 nitrogen and oxygen atoms in total. The maximum absolute atomic E-state index is 5.80. The van der Waals surface area contributed by atoms with Crippen LogP contribution in [0, 0.1) is 11.8 Å². The molecule has 4 unspecified atom stereocenters. The predicted molar refractivity (Wildman–Crippen MR) is 73.7 cm³/mol. The fourth-order valence-corrected chi connectivity index (χ4v) is 3.79. The molecule has 1 N–H and O–H groups in total. The molecule has 3 rings (SSSR count). The Morgan fingerprint density at radius 1 is 1.22 bits per heavy atom. The van der Waals surface area contributed by atoms with Crippen molar-refractivity contribution in [2.75, 3.05) is 19.7 Å². The molecule has 4 atom stereocenters. The Kier molecular flexibility index (Phi) is 3.65. The Morgan fingerprint density at radius 2 is 2.00 bits per heavy atom. The van der Waals surface area contributed by atoms with Crippen LogP contribution >= 0.6 is 0 Å². The normalized spacial score (nSPS) is 42.7. The van der Waals surface area contributed by atoms with Gasteiger partial charge in [-0.05, 0) is 38.0 Å². The van der Waals surface area contributed by atoms with Crippen LogP contribution in [0.3, 0.4) is 0 Å². The number of hydrogen-bond donors (Lipinski definition) is 1. The van der Waals surface area contributed by atoms with Crippen molar-refractivity contribution in [2.24, 2.45) is 11.8 Å². The van der Waals surface area contributed by atoms with Crippen LogP contribution in [0.2, 0.25) is 0 Å². The molecule has 2 aliphatic heterocycles. The second kappa shape index (κ2) is 5.10. The average Bonchev–Trinajstić information content (AvgIpc) is 3.11. The molecule has 18 heavy (non-hydrogen) atoms. The zero-order valence-electron chi connectivity index (χ0n) is 12.1.